The summed E-state index contributed by atoms with van der Waals surface area (Å²) in [6.45, 7) is 1.21. The van der Waals surface area contributed by atoms with E-state index in [2.05, 4.69) is 42.5 Å². The summed E-state index contributed by atoms with van der Waals surface area (Å²) in [4.78, 5) is 22.3. The second kappa shape index (κ2) is 6.88. The minimum Gasteiger partial charge on any atom is -0.480 e. The van der Waals surface area contributed by atoms with Gasteiger partial charge in [-0.15, -0.1) is 0 Å². The average molecular weight is 396 g/mol. The van der Waals surface area contributed by atoms with Crippen LogP contribution in [0.5, 0.6) is 0 Å². The molecule has 0 spiro atoms. The maximum absolute atomic E-state index is 11.6. The van der Waals surface area contributed by atoms with Crippen molar-refractivity contribution in [3.63, 3.8) is 0 Å². The molecule has 0 aliphatic heterocycles. The Bertz CT molecular complexity index is 484. The lowest BCUT2D eigenvalue weighted by Crippen LogP contribution is -2.45. The third kappa shape index (κ3) is 4.48. The predicted molar refractivity (Wildman–Crippen MR) is 77.2 cm³/mol. The minimum atomic E-state index is -1.34. The Morgan fingerprint density at radius 1 is 1.32 bits per heavy atom. The second-order valence-corrected chi connectivity index (χ2v) is 5.48. The second-order valence-electron chi connectivity index (χ2n) is 3.78. The van der Waals surface area contributed by atoms with E-state index in [0.29, 0.717) is 14.6 Å². The maximum atomic E-state index is 11.6. The van der Waals surface area contributed by atoms with Crippen molar-refractivity contribution in [2.75, 3.05) is 11.9 Å². The van der Waals surface area contributed by atoms with Crippen molar-refractivity contribution in [3.8, 4) is 0 Å². The van der Waals surface area contributed by atoms with Gasteiger partial charge in [-0.1, -0.05) is 0 Å². The smallest absolute Gasteiger partial charge is 0.328 e. The summed E-state index contributed by atoms with van der Waals surface area (Å²) in [6, 6.07) is 1.55. The summed E-state index contributed by atoms with van der Waals surface area (Å²) in [6.07, 6.45) is 0. The molecule has 0 saturated carbocycles. The number of benzene rings is 1. The lowest BCUT2D eigenvalue weighted by molar-refractivity contribution is -0.140. The van der Waals surface area contributed by atoms with Crippen molar-refractivity contribution in [1.82, 2.24) is 5.32 Å². The van der Waals surface area contributed by atoms with E-state index in [1.165, 1.54) is 0 Å². The van der Waals surface area contributed by atoms with Gasteiger partial charge in [0.1, 0.15) is 0 Å². The minimum absolute atomic E-state index is 0.477. The highest BCUT2D eigenvalue weighted by Crippen LogP contribution is 2.32. The van der Waals surface area contributed by atoms with E-state index in [1.807, 2.05) is 6.92 Å². The summed E-state index contributed by atoms with van der Waals surface area (Å²) in [5.74, 6) is -1.31. The molecule has 0 bridgehead atoms. The average Bonchev–Trinajstić information content (AvgIpc) is 2.30. The molecule has 1 rings (SSSR count). The van der Waals surface area contributed by atoms with E-state index in [1.54, 1.807) is 12.1 Å². The molecule has 0 radical (unpaired) electrons. The molecule has 0 heterocycles. The van der Waals surface area contributed by atoms with Crippen molar-refractivity contribution in [2.45, 2.75) is 13.0 Å². The van der Waals surface area contributed by atoms with Crippen LogP contribution >= 0.6 is 31.9 Å². The van der Waals surface area contributed by atoms with Crippen LogP contribution in [0.2, 0.25) is 0 Å². The van der Waals surface area contributed by atoms with Crippen LogP contribution in [0.15, 0.2) is 21.1 Å². The zero-order valence-electron chi connectivity index (χ0n) is 9.91. The van der Waals surface area contributed by atoms with Crippen LogP contribution in [0, 0.1) is 6.92 Å². The number of aryl methyl sites for hydroxylation is 1. The van der Waals surface area contributed by atoms with Gasteiger partial charge in [-0.2, -0.15) is 0 Å². The molecular formula is C11H12Br2N2O4. The van der Waals surface area contributed by atoms with Crippen molar-refractivity contribution in [2.24, 2.45) is 0 Å². The van der Waals surface area contributed by atoms with Gasteiger partial charge >= 0.3 is 12.0 Å². The summed E-state index contributed by atoms with van der Waals surface area (Å²) < 4.78 is 1.32. The molecule has 2 amide bonds. The number of carboxylic acid groups (broad SMARTS) is 1. The van der Waals surface area contributed by atoms with E-state index in [4.69, 9.17) is 10.2 Å². The number of nitrogens with one attached hydrogen (secondary N) is 2. The molecule has 0 aliphatic carbocycles. The van der Waals surface area contributed by atoms with E-state index in [9.17, 15) is 9.59 Å². The third-order valence-electron chi connectivity index (χ3n) is 2.21. The number of amides is 2. The fourth-order valence-electron chi connectivity index (χ4n) is 1.31. The number of aliphatic carboxylic acids is 1. The highest BCUT2D eigenvalue weighted by Gasteiger charge is 2.19. The third-order valence-corrected chi connectivity index (χ3v) is 3.46. The molecule has 104 valence electrons. The Hall–Kier alpha value is -1.12. The number of aliphatic hydroxyl groups is 1. The highest BCUT2D eigenvalue weighted by molar-refractivity contribution is 9.11. The SMILES string of the molecule is Cc1cc(Br)c(NC(=O)NC(CO)C(=O)O)c(Br)c1. The Morgan fingerprint density at radius 3 is 2.26 bits per heavy atom. The van der Waals surface area contributed by atoms with Gasteiger partial charge in [-0.25, -0.2) is 9.59 Å². The topological polar surface area (TPSA) is 98.7 Å². The van der Waals surface area contributed by atoms with Gasteiger partial charge in [0.15, 0.2) is 6.04 Å². The van der Waals surface area contributed by atoms with E-state index >= 15 is 0 Å². The molecule has 8 heteroatoms. The number of halogens is 2. The number of rotatable bonds is 4. The number of anilines is 1. The molecule has 0 saturated heterocycles. The first-order chi connectivity index (χ1) is 8.85. The van der Waals surface area contributed by atoms with E-state index in [-0.39, 0.29) is 0 Å². The lowest BCUT2D eigenvalue weighted by Gasteiger charge is -2.14. The summed E-state index contributed by atoms with van der Waals surface area (Å²) in [7, 11) is 0. The van der Waals surface area contributed by atoms with Crippen molar-refractivity contribution < 1.29 is 19.8 Å². The normalized spacial score (nSPS) is 11.8. The molecule has 19 heavy (non-hydrogen) atoms. The number of carbonyl (C=O) groups excluding carboxylic acids is 1. The van der Waals surface area contributed by atoms with Gasteiger partial charge in [-0.3, -0.25) is 0 Å². The molecule has 0 aromatic heterocycles. The fourth-order valence-corrected chi connectivity index (χ4v) is 2.93. The van der Waals surface area contributed by atoms with Crippen LogP contribution in [0.1, 0.15) is 5.56 Å². The highest BCUT2D eigenvalue weighted by atomic mass is 79.9. The number of carbonyl (C=O) groups is 2. The number of urea groups is 1. The van der Waals surface area contributed by atoms with Gasteiger partial charge in [0.05, 0.1) is 12.3 Å². The Labute approximate surface area is 126 Å². The Balaban J connectivity index is 2.80. The van der Waals surface area contributed by atoms with Gasteiger partial charge in [0, 0.05) is 8.95 Å². The van der Waals surface area contributed by atoms with Crippen molar-refractivity contribution >= 4 is 49.5 Å². The standard InChI is InChI=1S/C11H12Br2N2O4/c1-5-2-6(12)9(7(13)3-5)15-11(19)14-8(4-16)10(17)18/h2-3,8,16H,4H2,1H3,(H,17,18)(H2,14,15,19). The molecule has 6 nitrogen and oxygen atoms in total. The quantitative estimate of drug-likeness (QED) is 0.627. The monoisotopic (exact) mass is 394 g/mol. The van der Waals surface area contributed by atoms with Crippen LogP contribution in [0.4, 0.5) is 10.5 Å². The van der Waals surface area contributed by atoms with Gasteiger partial charge in [0.25, 0.3) is 0 Å². The number of hydrogen-bond acceptors (Lipinski definition) is 3. The first-order valence-corrected chi connectivity index (χ1v) is 6.80. The molecular weight excluding hydrogens is 384 g/mol. The molecule has 1 unspecified atom stereocenters. The molecule has 1 aromatic rings. The molecule has 1 atom stereocenters. The molecule has 1 aromatic carbocycles. The summed E-state index contributed by atoms with van der Waals surface area (Å²) in [5, 5.41) is 22.2. The number of hydrogen-bond donors (Lipinski definition) is 4. The largest absolute Gasteiger partial charge is 0.480 e. The van der Waals surface area contributed by atoms with Crippen LogP contribution in [-0.2, 0) is 4.79 Å². The zero-order chi connectivity index (χ0) is 14.6. The number of carboxylic acids is 1. The van der Waals surface area contributed by atoms with Crippen LogP contribution in [0.25, 0.3) is 0 Å². The predicted octanol–water partition coefficient (Wildman–Crippen LogP) is 2.09. The van der Waals surface area contributed by atoms with Gasteiger partial charge < -0.3 is 20.8 Å². The first-order valence-electron chi connectivity index (χ1n) is 5.22. The van der Waals surface area contributed by atoms with Gasteiger partial charge in [0.2, 0.25) is 0 Å². The Morgan fingerprint density at radius 2 is 1.84 bits per heavy atom. The molecule has 4 N–H and O–H groups in total. The van der Waals surface area contributed by atoms with Crippen LogP contribution in [0.3, 0.4) is 0 Å². The van der Waals surface area contributed by atoms with Gasteiger partial charge in [-0.05, 0) is 56.5 Å². The Kier molecular flexibility index (Phi) is 5.77. The van der Waals surface area contributed by atoms with Crippen LogP contribution < -0.4 is 10.6 Å². The van der Waals surface area contributed by atoms with E-state index < -0.39 is 24.6 Å². The fraction of sp³-hybridized carbons (Fsp3) is 0.273. The lowest BCUT2D eigenvalue weighted by atomic mass is 10.2. The number of aliphatic hydroxyl groups excluding tert-OH is 1. The first kappa shape index (κ1) is 15.9. The van der Waals surface area contributed by atoms with Crippen molar-refractivity contribution in [1.29, 1.82) is 0 Å². The molecule has 0 aliphatic rings. The van der Waals surface area contributed by atoms with Crippen LogP contribution in [-0.4, -0.2) is 34.9 Å². The zero-order valence-corrected chi connectivity index (χ0v) is 13.1. The summed E-state index contributed by atoms with van der Waals surface area (Å²) in [5.41, 5.74) is 1.47. The molecule has 0 fully saturated rings. The summed E-state index contributed by atoms with van der Waals surface area (Å²) >= 11 is 6.60. The maximum Gasteiger partial charge on any atom is 0.328 e. The van der Waals surface area contributed by atoms with Crippen molar-refractivity contribution in [3.05, 3.63) is 26.6 Å². The van der Waals surface area contributed by atoms with E-state index in [0.717, 1.165) is 5.56 Å².